The van der Waals surface area contributed by atoms with Crippen LogP contribution in [-0.4, -0.2) is 110 Å². The zero-order valence-electron chi connectivity index (χ0n) is 21.3. The molecular formula is C26H35FN6O4. The van der Waals surface area contributed by atoms with Crippen molar-refractivity contribution in [3.8, 4) is 0 Å². The smallest absolute Gasteiger partial charge is 0.262 e. The van der Waals surface area contributed by atoms with Gasteiger partial charge < -0.3 is 15.1 Å². The summed E-state index contributed by atoms with van der Waals surface area (Å²) in [7, 11) is 1.98. The van der Waals surface area contributed by atoms with Crippen LogP contribution >= 0.6 is 0 Å². The van der Waals surface area contributed by atoms with Crippen LogP contribution < -0.4 is 15.5 Å². The Morgan fingerprint density at radius 3 is 2.24 bits per heavy atom. The van der Waals surface area contributed by atoms with E-state index in [0.29, 0.717) is 24.7 Å². The van der Waals surface area contributed by atoms with Crippen molar-refractivity contribution in [1.29, 1.82) is 0 Å². The highest BCUT2D eigenvalue weighted by molar-refractivity contribution is 6.23. The molecule has 1 unspecified atom stereocenters. The molecule has 1 aromatic rings. The second kappa shape index (κ2) is 10.8. The van der Waals surface area contributed by atoms with E-state index >= 15 is 4.39 Å². The number of fused-ring (bicyclic) bond motifs is 1. The first-order chi connectivity index (χ1) is 17.9. The molecule has 0 saturated carbocycles. The molecular weight excluding hydrogens is 479 g/mol. The summed E-state index contributed by atoms with van der Waals surface area (Å²) in [6.07, 6.45) is 2.51. The Hall–Kier alpha value is -2.89. The Bertz CT molecular complexity index is 1080. The van der Waals surface area contributed by atoms with Gasteiger partial charge in [0, 0.05) is 52.2 Å². The van der Waals surface area contributed by atoms with Crippen LogP contribution in [0.3, 0.4) is 0 Å². The first kappa shape index (κ1) is 25.7. The maximum absolute atomic E-state index is 15.2. The number of halogens is 1. The summed E-state index contributed by atoms with van der Waals surface area (Å²) in [6, 6.07) is 1.51. The Morgan fingerprint density at radius 2 is 1.59 bits per heavy atom. The first-order valence-electron chi connectivity index (χ1n) is 13.2. The van der Waals surface area contributed by atoms with E-state index in [1.54, 1.807) is 0 Å². The van der Waals surface area contributed by atoms with Gasteiger partial charge in [0.15, 0.2) is 0 Å². The van der Waals surface area contributed by atoms with E-state index in [-0.39, 0.29) is 24.0 Å². The zero-order chi connectivity index (χ0) is 26.1. The molecule has 0 spiro atoms. The van der Waals surface area contributed by atoms with Gasteiger partial charge in [0.2, 0.25) is 11.8 Å². The Morgan fingerprint density at radius 1 is 0.919 bits per heavy atom. The number of amides is 4. The molecule has 5 rings (SSSR count). The van der Waals surface area contributed by atoms with Gasteiger partial charge in [-0.05, 0) is 57.5 Å². The van der Waals surface area contributed by atoms with Crippen LogP contribution in [0.2, 0.25) is 0 Å². The molecule has 0 radical (unpaired) electrons. The fourth-order valence-electron chi connectivity index (χ4n) is 5.92. The molecule has 2 N–H and O–H groups in total. The molecule has 200 valence electrons. The molecule has 1 aromatic carbocycles. The second-order valence-electron chi connectivity index (χ2n) is 10.5. The number of likely N-dealkylation sites (tertiary alicyclic amines) is 1. The Balaban J connectivity index is 1.19. The van der Waals surface area contributed by atoms with Gasteiger partial charge in [-0.3, -0.25) is 34.3 Å². The van der Waals surface area contributed by atoms with Gasteiger partial charge in [-0.15, -0.1) is 0 Å². The van der Waals surface area contributed by atoms with Crippen LogP contribution in [-0.2, 0) is 9.59 Å². The van der Waals surface area contributed by atoms with Crippen molar-refractivity contribution in [2.24, 2.45) is 5.92 Å². The SMILES string of the molecule is CNCCN1CCC(CN2CCN(c3cc4c(cc3F)C(=O)N(C3CCC(=O)NC3=O)C4=O)CC2)CC1. The summed E-state index contributed by atoms with van der Waals surface area (Å²) in [5, 5.41) is 5.38. The number of hydrogen-bond acceptors (Lipinski definition) is 8. The molecule has 37 heavy (non-hydrogen) atoms. The van der Waals surface area contributed by atoms with Crippen molar-refractivity contribution in [3.05, 3.63) is 29.1 Å². The van der Waals surface area contributed by atoms with Crippen LogP contribution in [0.25, 0.3) is 0 Å². The standard InChI is InChI=1S/C26H35FN6O4/c1-28-6-9-30-7-4-17(5-8-30)16-31-10-12-32(13-11-31)22-15-19-18(14-20(22)27)25(36)33(26(19)37)21-2-3-23(34)29-24(21)35/h14-15,17,21,28H,2-13,16H2,1H3,(H,29,34,35). The second-order valence-corrected chi connectivity index (χ2v) is 10.5. The van der Waals surface area contributed by atoms with Crippen LogP contribution in [0.1, 0.15) is 46.4 Å². The molecule has 10 nitrogen and oxygen atoms in total. The minimum Gasteiger partial charge on any atom is -0.367 e. The fraction of sp³-hybridized carbons (Fsp3) is 0.615. The lowest BCUT2D eigenvalue weighted by Gasteiger charge is -2.39. The van der Waals surface area contributed by atoms with Gasteiger partial charge in [-0.1, -0.05) is 0 Å². The van der Waals surface area contributed by atoms with Crippen molar-refractivity contribution >= 4 is 29.3 Å². The largest absolute Gasteiger partial charge is 0.367 e. The van der Waals surface area contributed by atoms with Gasteiger partial charge in [-0.2, -0.15) is 0 Å². The maximum atomic E-state index is 15.2. The number of carbonyl (C=O) groups is 4. The molecule has 11 heteroatoms. The Kier molecular flexibility index (Phi) is 7.55. The number of likely N-dealkylation sites (N-methyl/N-ethyl adjacent to an activating group) is 1. The molecule has 0 aliphatic carbocycles. The van der Waals surface area contributed by atoms with Crippen LogP contribution in [0.4, 0.5) is 10.1 Å². The average molecular weight is 515 g/mol. The Labute approximate surface area is 216 Å². The van der Waals surface area contributed by atoms with Gasteiger partial charge in [-0.25, -0.2) is 4.39 Å². The highest BCUT2D eigenvalue weighted by Crippen LogP contribution is 2.33. The van der Waals surface area contributed by atoms with E-state index in [9.17, 15) is 19.2 Å². The number of anilines is 1. The quantitative estimate of drug-likeness (QED) is 0.500. The predicted octanol–water partition coefficient (Wildman–Crippen LogP) is 0.280. The molecule has 4 amide bonds. The first-order valence-corrected chi connectivity index (χ1v) is 13.2. The van der Waals surface area contributed by atoms with Crippen molar-refractivity contribution in [2.75, 3.05) is 70.9 Å². The summed E-state index contributed by atoms with van der Waals surface area (Å²) < 4.78 is 15.2. The van der Waals surface area contributed by atoms with Gasteiger partial charge in [0.05, 0.1) is 16.8 Å². The zero-order valence-corrected chi connectivity index (χ0v) is 21.3. The van der Waals surface area contributed by atoms with Crippen LogP contribution in [0, 0.1) is 11.7 Å². The topological polar surface area (TPSA) is 105 Å². The number of benzene rings is 1. The minimum atomic E-state index is -1.06. The van der Waals surface area contributed by atoms with Crippen molar-refractivity contribution < 1.29 is 23.6 Å². The highest BCUT2D eigenvalue weighted by atomic mass is 19.1. The van der Waals surface area contributed by atoms with Gasteiger partial charge >= 0.3 is 0 Å². The lowest BCUT2D eigenvalue weighted by atomic mass is 9.96. The summed E-state index contributed by atoms with van der Waals surface area (Å²) in [6.45, 7) is 8.32. The van der Waals surface area contributed by atoms with E-state index in [2.05, 4.69) is 20.4 Å². The summed E-state index contributed by atoms with van der Waals surface area (Å²) in [4.78, 5) is 57.5. The molecule has 0 aromatic heterocycles. The number of nitrogens with one attached hydrogen (secondary N) is 2. The molecule has 3 fully saturated rings. The third kappa shape index (κ3) is 5.25. The van der Waals surface area contributed by atoms with E-state index < -0.39 is 35.5 Å². The molecule has 4 aliphatic rings. The highest BCUT2D eigenvalue weighted by Gasteiger charge is 2.45. The summed E-state index contributed by atoms with van der Waals surface area (Å²) in [5.41, 5.74) is 0.386. The maximum Gasteiger partial charge on any atom is 0.262 e. The lowest BCUT2D eigenvalue weighted by Crippen LogP contribution is -2.54. The molecule has 4 aliphatic heterocycles. The van der Waals surface area contributed by atoms with Crippen molar-refractivity contribution in [2.45, 2.75) is 31.7 Å². The number of nitrogens with zero attached hydrogens (tertiary/aromatic N) is 4. The monoisotopic (exact) mass is 514 g/mol. The van der Waals surface area contributed by atoms with E-state index in [1.807, 2.05) is 11.9 Å². The third-order valence-corrected chi connectivity index (χ3v) is 8.12. The summed E-state index contributed by atoms with van der Waals surface area (Å²) in [5.74, 6) is -2.29. The summed E-state index contributed by atoms with van der Waals surface area (Å²) >= 11 is 0. The fourth-order valence-corrected chi connectivity index (χ4v) is 5.92. The molecule has 3 saturated heterocycles. The van der Waals surface area contributed by atoms with Gasteiger partial charge in [0.25, 0.3) is 11.8 Å². The molecule has 0 bridgehead atoms. The third-order valence-electron chi connectivity index (χ3n) is 8.12. The normalized spacial score (nSPS) is 24.1. The van der Waals surface area contributed by atoms with Crippen molar-refractivity contribution in [3.63, 3.8) is 0 Å². The van der Waals surface area contributed by atoms with Crippen molar-refractivity contribution in [1.82, 2.24) is 25.3 Å². The number of piperidine rings is 2. The van der Waals surface area contributed by atoms with Crippen LogP contribution in [0.5, 0.6) is 0 Å². The number of piperazine rings is 1. The number of hydrogen-bond donors (Lipinski definition) is 2. The average Bonchev–Trinajstić information content (AvgIpc) is 3.12. The minimum absolute atomic E-state index is 0.0318. The predicted molar refractivity (Wildman–Crippen MR) is 135 cm³/mol. The van der Waals surface area contributed by atoms with E-state index in [0.717, 1.165) is 56.8 Å². The number of rotatable bonds is 7. The lowest BCUT2D eigenvalue weighted by molar-refractivity contribution is -0.136. The molecule has 1 atom stereocenters. The van der Waals surface area contributed by atoms with E-state index in [1.165, 1.54) is 18.9 Å². The number of imide groups is 2. The number of carbonyl (C=O) groups excluding carboxylic acids is 4. The van der Waals surface area contributed by atoms with Crippen LogP contribution in [0.15, 0.2) is 12.1 Å². The van der Waals surface area contributed by atoms with Gasteiger partial charge in [0.1, 0.15) is 11.9 Å². The molecule has 4 heterocycles. The van der Waals surface area contributed by atoms with E-state index in [4.69, 9.17) is 0 Å².